The molecule has 0 spiro atoms. The fourth-order valence-corrected chi connectivity index (χ4v) is 1.00. The zero-order valence-corrected chi connectivity index (χ0v) is 5.86. The molecule has 5 N–H and O–H groups in total. The summed E-state index contributed by atoms with van der Waals surface area (Å²) >= 11 is 0. The molecule has 1 unspecified atom stereocenters. The second-order valence-corrected chi connectivity index (χ2v) is 3.49. The predicted molar refractivity (Wildman–Crippen MR) is 41.1 cm³/mol. The molecule has 0 heterocycles. The van der Waals surface area contributed by atoms with Gasteiger partial charge in [0.2, 0.25) is 0 Å². The van der Waals surface area contributed by atoms with Gasteiger partial charge < -0.3 is 20.6 Å². The number of aliphatic carboxylic acids is 1. The fourth-order valence-electron chi connectivity index (χ4n) is 0.334. The number of hydrogen-bond acceptors (Lipinski definition) is 3. The maximum atomic E-state index is 10.1. The van der Waals surface area contributed by atoms with Crippen LogP contribution >= 0.6 is 7.60 Å². The van der Waals surface area contributed by atoms with Crippen LogP contribution in [0.25, 0.3) is 0 Å². The molecule has 0 aromatic carbocycles. The third kappa shape index (κ3) is 8.75. The van der Waals surface area contributed by atoms with Gasteiger partial charge in [-0.2, -0.15) is 0 Å². The molecule has 0 saturated heterocycles. The molecule has 64 valence electrons. The van der Waals surface area contributed by atoms with Crippen LogP contribution in [0.1, 0.15) is 0 Å². The van der Waals surface area contributed by atoms with Crippen molar-refractivity contribution >= 4 is 51.3 Å². The van der Waals surface area contributed by atoms with Crippen molar-refractivity contribution in [3.8, 4) is 0 Å². The Hall–Kier alpha value is 0.840. The summed E-state index contributed by atoms with van der Waals surface area (Å²) in [4.78, 5) is 26.3. The second-order valence-electron chi connectivity index (χ2n) is 1.79. The van der Waals surface area contributed by atoms with Crippen molar-refractivity contribution < 1.29 is 24.3 Å². The Morgan fingerprint density at radius 2 is 1.91 bits per heavy atom. The normalized spacial score (nSPS) is 13.4. The number of carboxylic acid groups (broad SMARTS) is 1. The Balaban J connectivity index is 0. The quantitative estimate of drug-likeness (QED) is 0.306. The van der Waals surface area contributed by atoms with Crippen LogP contribution in [0.15, 0.2) is 0 Å². The molecule has 11 heavy (non-hydrogen) atoms. The van der Waals surface area contributed by atoms with Gasteiger partial charge in [-0.3, -0.25) is 9.36 Å². The van der Waals surface area contributed by atoms with E-state index in [1.54, 1.807) is 0 Å². The number of carbonyl (C=O) groups is 1. The summed E-state index contributed by atoms with van der Waals surface area (Å²) in [6, 6.07) is -1.49. The summed E-state index contributed by atoms with van der Waals surface area (Å²) in [6.07, 6.45) is -0.817. The average molecular weight is 211 g/mol. The molecule has 0 bridgehead atoms. The van der Waals surface area contributed by atoms with Crippen molar-refractivity contribution in [3.05, 3.63) is 0 Å². The van der Waals surface area contributed by atoms with Gasteiger partial charge in [-0.05, 0) is 0 Å². The molecule has 0 radical (unpaired) electrons. The molecule has 0 aliphatic rings. The van der Waals surface area contributed by atoms with Crippen molar-refractivity contribution in [1.82, 2.24) is 0 Å². The van der Waals surface area contributed by atoms with E-state index in [-0.39, 0.29) is 37.7 Å². The molecule has 0 aromatic rings. The molecule has 0 saturated carbocycles. The van der Waals surface area contributed by atoms with Crippen LogP contribution in [0.3, 0.4) is 0 Å². The van der Waals surface area contributed by atoms with Crippen LogP contribution in [0.2, 0.25) is 0 Å². The molecule has 1 atom stereocenters. The summed E-state index contributed by atoms with van der Waals surface area (Å²) in [6.45, 7) is 0. The molecule has 0 aliphatic carbocycles. The van der Waals surface area contributed by atoms with Crippen molar-refractivity contribution in [2.75, 3.05) is 6.16 Å². The fraction of sp³-hybridized carbons (Fsp3) is 0.667. The van der Waals surface area contributed by atoms with Crippen molar-refractivity contribution in [3.63, 3.8) is 0 Å². The van der Waals surface area contributed by atoms with E-state index < -0.39 is 25.8 Å². The molecular weight excluding hydrogens is 201 g/mol. The Bertz CT molecular complexity index is 179. The first-order valence-electron chi connectivity index (χ1n) is 2.36. The van der Waals surface area contributed by atoms with Crippen LogP contribution in [0.5, 0.6) is 0 Å². The minimum atomic E-state index is -4.28. The Morgan fingerprint density at radius 3 is 2.00 bits per heavy atom. The summed E-state index contributed by atoms with van der Waals surface area (Å²) in [7, 11) is -4.28. The van der Waals surface area contributed by atoms with E-state index in [2.05, 4.69) is 0 Å². The molecule has 0 amide bonds. The summed E-state index contributed by atoms with van der Waals surface area (Å²) in [5.74, 6) is -1.41. The Kier molecular flexibility index (Phi) is 7.16. The monoisotopic (exact) mass is 211 g/mol. The molecular formula is C3H10CaNO5P. The zero-order chi connectivity index (χ0) is 8.36. The van der Waals surface area contributed by atoms with Crippen LogP contribution in [-0.2, 0) is 9.36 Å². The number of rotatable bonds is 3. The van der Waals surface area contributed by atoms with Crippen LogP contribution < -0.4 is 5.73 Å². The minimum absolute atomic E-state index is 0. The molecule has 8 heteroatoms. The average Bonchev–Trinajstić information content (AvgIpc) is 1.60. The van der Waals surface area contributed by atoms with Gasteiger partial charge in [0.15, 0.2) is 0 Å². The molecule has 0 aromatic heterocycles. The van der Waals surface area contributed by atoms with E-state index >= 15 is 0 Å². The van der Waals surface area contributed by atoms with E-state index in [0.29, 0.717) is 0 Å². The van der Waals surface area contributed by atoms with Crippen molar-refractivity contribution in [1.29, 1.82) is 0 Å². The van der Waals surface area contributed by atoms with Gasteiger partial charge in [0.1, 0.15) is 6.04 Å². The van der Waals surface area contributed by atoms with E-state index in [9.17, 15) is 9.36 Å². The first-order valence-corrected chi connectivity index (χ1v) is 4.15. The maximum absolute atomic E-state index is 10.1. The zero-order valence-electron chi connectivity index (χ0n) is 4.97. The summed E-state index contributed by atoms with van der Waals surface area (Å²) in [5.41, 5.74) is 4.81. The van der Waals surface area contributed by atoms with E-state index in [1.165, 1.54) is 0 Å². The first-order chi connectivity index (χ1) is 4.33. The van der Waals surface area contributed by atoms with Crippen LogP contribution in [-0.4, -0.2) is 70.8 Å². The number of carboxylic acids is 1. The molecule has 0 fully saturated rings. The SMILES string of the molecule is NC(CP(=O)(O)O)C(=O)O.[CaH2]. The van der Waals surface area contributed by atoms with Crippen molar-refractivity contribution in [2.45, 2.75) is 6.04 Å². The molecule has 0 rings (SSSR count). The van der Waals surface area contributed by atoms with Crippen LogP contribution in [0, 0.1) is 0 Å². The predicted octanol–water partition coefficient (Wildman–Crippen LogP) is -2.34. The molecule has 6 nitrogen and oxygen atoms in total. The third-order valence-corrected chi connectivity index (χ3v) is 1.62. The summed E-state index contributed by atoms with van der Waals surface area (Å²) < 4.78 is 10.1. The topological polar surface area (TPSA) is 121 Å². The Labute approximate surface area is 92.9 Å². The van der Waals surface area contributed by atoms with Gasteiger partial charge in [-0.25, -0.2) is 0 Å². The van der Waals surface area contributed by atoms with Gasteiger partial charge in [0.05, 0.1) is 6.16 Å². The van der Waals surface area contributed by atoms with Gasteiger partial charge in [0.25, 0.3) is 0 Å². The van der Waals surface area contributed by atoms with E-state index in [0.717, 1.165) is 0 Å². The van der Waals surface area contributed by atoms with Crippen molar-refractivity contribution in [2.24, 2.45) is 5.73 Å². The first kappa shape index (κ1) is 14.4. The number of hydrogen-bond donors (Lipinski definition) is 4. The van der Waals surface area contributed by atoms with E-state index in [4.69, 9.17) is 20.6 Å². The van der Waals surface area contributed by atoms with Gasteiger partial charge in [0, 0.05) is 0 Å². The summed E-state index contributed by atoms with van der Waals surface area (Å²) in [5, 5.41) is 8.08. The van der Waals surface area contributed by atoms with Gasteiger partial charge in [-0.15, -0.1) is 0 Å². The second kappa shape index (κ2) is 5.48. The Morgan fingerprint density at radius 1 is 1.55 bits per heavy atom. The third-order valence-electron chi connectivity index (χ3n) is 0.752. The van der Waals surface area contributed by atoms with Crippen LogP contribution in [0.4, 0.5) is 0 Å². The van der Waals surface area contributed by atoms with Gasteiger partial charge in [-0.1, -0.05) is 0 Å². The number of nitrogens with two attached hydrogens (primary N) is 1. The molecule has 0 aliphatic heterocycles. The standard InChI is InChI=1S/C3H8NO5P.Ca.2H/c4-2(3(5)6)1-10(7,8)9;;;/h2H,1,4H2,(H,5,6)(H2,7,8,9);;;. The van der Waals surface area contributed by atoms with Gasteiger partial charge >= 0.3 is 51.3 Å². The van der Waals surface area contributed by atoms with E-state index in [1.807, 2.05) is 0 Å².